The first kappa shape index (κ1) is 21.9. The van der Waals surface area contributed by atoms with Crippen LogP contribution in [0.4, 0.5) is 0 Å². The van der Waals surface area contributed by atoms with E-state index in [1.54, 1.807) is 11.0 Å². The Morgan fingerprint density at radius 3 is 2.83 bits per heavy atom. The van der Waals surface area contributed by atoms with Crippen LogP contribution >= 0.6 is 0 Å². The fraction of sp³-hybridized carbons (Fsp3) is 0.370. The lowest BCUT2D eigenvalue weighted by atomic mass is 10.0. The Morgan fingerprint density at radius 2 is 1.94 bits per heavy atom. The minimum absolute atomic E-state index is 0.0624. The third kappa shape index (κ3) is 4.18. The van der Waals surface area contributed by atoms with Crippen LogP contribution in [0.5, 0.6) is 5.75 Å². The van der Waals surface area contributed by atoms with Crippen molar-refractivity contribution in [2.24, 2.45) is 0 Å². The van der Waals surface area contributed by atoms with Gasteiger partial charge in [-0.15, -0.1) is 0 Å². The van der Waals surface area contributed by atoms with Gasteiger partial charge in [-0.05, 0) is 78.6 Å². The SMILES string of the molecule is O=C1CCC(N2Cc3cc(OC4CCCC4NCc4ccc5[nH]ccc5c4)ccc3C2=O)C(=O)N1. The molecule has 3 N–H and O–H groups in total. The van der Waals surface area contributed by atoms with Crippen molar-refractivity contribution >= 4 is 28.6 Å². The van der Waals surface area contributed by atoms with Gasteiger partial charge >= 0.3 is 0 Å². The highest BCUT2D eigenvalue weighted by molar-refractivity contribution is 6.05. The van der Waals surface area contributed by atoms with Gasteiger partial charge < -0.3 is 19.9 Å². The minimum atomic E-state index is -0.606. The predicted molar refractivity (Wildman–Crippen MR) is 130 cm³/mol. The van der Waals surface area contributed by atoms with Crippen molar-refractivity contribution in [3.63, 3.8) is 0 Å². The van der Waals surface area contributed by atoms with Gasteiger partial charge in [-0.1, -0.05) is 6.07 Å². The topological polar surface area (TPSA) is 104 Å². The van der Waals surface area contributed by atoms with Crippen LogP contribution in [-0.2, 0) is 22.7 Å². The summed E-state index contributed by atoms with van der Waals surface area (Å²) in [5.74, 6) is -0.0970. The number of imide groups is 1. The number of H-pyrrole nitrogens is 1. The molecule has 35 heavy (non-hydrogen) atoms. The van der Waals surface area contributed by atoms with Crippen LogP contribution in [0, 0.1) is 0 Å². The molecule has 180 valence electrons. The molecule has 2 aliphatic heterocycles. The second-order valence-corrected chi connectivity index (χ2v) is 9.69. The van der Waals surface area contributed by atoms with Gasteiger partial charge in [-0.3, -0.25) is 19.7 Å². The number of amides is 3. The largest absolute Gasteiger partial charge is 0.489 e. The fourth-order valence-corrected chi connectivity index (χ4v) is 5.56. The number of benzene rings is 2. The maximum atomic E-state index is 12.9. The Morgan fingerprint density at radius 1 is 1.03 bits per heavy atom. The van der Waals surface area contributed by atoms with E-state index >= 15 is 0 Å². The molecule has 8 nitrogen and oxygen atoms in total. The molecule has 1 saturated heterocycles. The third-order valence-electron chi connectivity index (χ3n) is 7.42. The number of nitrogens with zero attached hydrogens (tertiary/aromatic N) is 1. The lowest BCUT2D eigenvalue weighted by Gasteiger charge is -2.29. The van der Waals surface area contributed by atoms with Gasteiger partial charge in [0, 0.05) is 42.8 Å². The summed E-state index contributed by atoms with van der Waals surface area (Å²) < 4.78 is 6.39. The Kier molecular flexibility index (Phi) is 5.53. The van der Waals surface area contributed by atoms with E-state index in [0.717, 1.165) is 42.6 Å². The molecule has 0 bridgehead atoms. The zero-order chi connectivity index (χ0) is 23.9. The molecular formula is C27H28N4O4. The number of carbonyl (C=O) groups is 3. The van der Waals surface area contributed by atoms with Crippen molar-refractivity contribution in [2.75, 3.05) is 0 Å². The van der Waals surface area contributed by atoms with Crippen molar-refractivity contribution in [1.29, 1.82) is 0 Å². The molecule has 1 saturated carbocycles. The molecule has 2 aromatic carbocycles. The number of hydrogen-bond donors (Lipinski definition) is 3. The summed E-state index contributed by atoms with van der Waals surface area (Å²) in [4.78, 5) is 41.5. The van der Waals surface area contributed by atoms with Gasteiger partial charge in [0.1, 0.15) is 17.9 Å². The maximum absolute atomic E-state index is 12.9. The van der Waals surface area contributed by atoms with Crippen LogP contribution in [0.25, 0.3) is 10.9 Å². The highest BCUT2D eigenvalue weighted by Gasteiger charge is 2.39. The van der Waals surface area contributed by atoms with Gasteiger partial charge in [-0.25, -0.2) is 0 Å². The number of carbonyl (C=O) groups excluding carboxylic acids is 3. The molecule has 3 aromatic rings. The van der Waals surface area contributed by atoms with Gasteiger partial charge in [0.05, 0.1) is 0 Å². The number of aromatic amines is 1. The first-order chi connectivity index (χ1) is 17.0. The molecule has 8 heteroatoms. The number of hydrogen-bond acceptors (Lipinski definition) is 5. The predicted octanol–water partition coefficient (Wildman–Crippen LogP) is 3.02. The third-order valence-corrected chi connectivity index (χ3v) is 7.42. The Balaban J connectivity index is 1.10. The van der Waals surface area contributed by atoms with Crippen LogP contribution in [0.1, 0.15) is 53.6 Å². The van der Waals surface area contributed by atoms with E-state index in [1.807, 2.05) is 18.3 Å². The van der Waals surface area contributed by atoms with Gasteiger partial charge in [-0.2, -0.15) is 0 Å². The Labute approximate surface area is 203 Å². The number of ether oxygens (including phenoxy) is 1. The average molecular weight is 473 g/mol. The molecule has 3 unspecified atom stereocenters. The highest BCUT2D eigenvalue weighted by atomic mass is 16.5. The number of aromatic nitrogens is 1. The monoisotopic (exact) mass is 472 g/mol. The summed E-state index contributed by atoms with van der Waals surface area (Å²) in [6.07, 6.45) is 5.77. The summed E-state index contributed by atoms with van der Waals surface area (Å²) in [6.45, 7) is 1.14. The van der Waals surface area contributed by atoms with E-state index in [2.05, 4.69) is 39.9 Å². The summed E-state index contributed by atoms with van der Waals surface area (Å²) in [7, 11) is 0. The molecule has 0 radical (unpaired) electrons. The summed E-state index contributed by atoms with van der Waals surface area (Å²) in [5, 5.41) is 7.23. The second kappa shape index (κ2) is 8.85. The van der Waals surface area contributed by atoms with E-state index in [-0.39, 0.29) is 30.4 Å². The number of piperidine rings is 1. The smallest absolute Gasteiger partial charge is 0.255 e. The molecule has 1 aliphatic carbocycles. The number of fused-ring (bicyclic) bond motifs is 2. The Bertz CT molecular complexity index is 1320. The van der Waals surface area contributed by atoms with E-state index in [1.165, 1.54) is 10.9 Å². The van der Waals surface area contributed by atoms with Crippen LogP contribution in [-0.4, -0.2) is 45.8 Å². The fourth-order valence-electron chi connectivity index (χ4n) is 5.56. The van der Waals surface area contributed by atoms with E-state index in [4.69, 9.17) is 4.74 Å². The van der Waals surface area contributed by atoms with E-state index < -0.39 is 11.9 Å². The van der Waals surface area contributed by atoms with E-state index in [0.29, 0.717) is 18.5 Å². The average Bonchev–Trinajstić information content (AvgIpc) is 3.57. The molecule has 2 fully saturated rings. The molecule has 3 heterocycles. The lowest BCUT2D eigenvalue weighted by Crippen LogP contribution is -2.52. The summed E-state index contributed by atoms with van der Waals surface area (Å²) in [6, 6.07) is 13.8. The molecule has 6 rings (SSSR count). The van der Waals surface area contributed by atoms with Crippen molar-refractivity contribution in [3.05, 3.63) is 65.4 Å². The van der Waals surface area contributed by atoms with Crippen molar-refractivity contribution in [1.82, 2.24) is 20.5 Å². The van der Waals surface area contributed by atoms with E-state index in [9.17, 15) is 14.4 Å². The van der Waals surface area contributed by atoms with Gasteiger partial charge in [0.15, 0.2) is 0 Å². The zero-order valence-electron chi connectivity index (χ0n) is 19.4. The van der Waals surface area contributed by atoms with Crippen LogP contribution in [0.2, 0.25) is 0 Å². The van der Waals surface area contributed by atoms with Crippen LogP contribution in [0.3, 0.4) is 0 Å². The first-order valence-electron chi connectivity index (χ1n) is 12.3. The van der Waals surface area contributed by atoms with Crippen molar-refractivity contribution < 1.29 is 19.1 Å². The zero-order valence-corrected chi connectivity index (χ0v) is 19.4. The van der Waals surface area contributed by atoms with Gasteiger partial charge in [0.2, 0.25) is 11.8 Å². The molecule has 0 spiro atoms. The van der Waals surface area contributed by atoms with Gasteiger partial charge in [0.25, 0.3) is 5.91 Å². The molecule has 3 aliphatic rings. The quantitative estimate of drug-likeness (QED) is 0.479. The molecular weight excluding hydrogens is 444 g/mol. The second-order valence-electron chi connectivity index (χ2n) is 9.69. The first-order valence-corrected chi connectivity index (χ1v) is 12.3. The van der Waals surface area contributed by atoms with Crippen LogP contribution in [0.15, 0.2) is 48.7 Å². The van der Waals surface area contributed by atoms with Crippen LogP contribution < -0.4 is 15.4 Å². The lowest BCUT2D eigenvalue weighted by molar-refractivity contribution is -0.136. The molecule has 1 aromatic heterocycles. The highest BCUT2D eigenvalue weighted by Crippen LogP contribution is 2.32. The Hall–Kier alpha value is -3.65. The van der Waals surface area contributed by atoms with Crippen molar-refractivity contribution in [3.8, 4) is 5.75 Å². The standard InChI is InChI=1S/C27H28N4O4/c32-25-9-8-23(26(33)30-25)31-15-18-13-19(5-6-20(18)27(31)34)35-24-3-1-2-22(24)29-14-16-4-7-21-17(12-16)10-11-28-21/h4-7,10-13,22-24,28-29H,1-3,8-9,14-15H2,(H,30,32,33). The summed E-state index contributed by atoms with van der Waals surface area (Å²) in [5.41, 5.74) is 3.84. The summed E-state index contributed by atoms with van der Waals surface area (Å²) >= 11 is 0. The van der Waals surface area contributed by atoms with Crippen molar-refractivity contribution in [2.45, 2.75) is 63.4 Å². The normalized spacial score (nSPS) is 24.2. The molecule has 3 atom stereocenters. The minimum Gasteiger partial charge on any atom is -0.489 e. The maximum Gasteiger partial charge on any atom is 0.255 e. The number of nitrogens with one attached hydrogen (secondary N) is 3. The number of rotatable bonds is 6. The molecule has 3 amide bonds.